The van der Waals surface area contributed by atoms with Crippen molar-refractivity contribution in [3.05, 3.63) is 23.8 Å². The van der Waals surface area contributed by atoms with E-state index in [1.54, 1.807) is 7.11 Å². The maximum Gasteiger partial charge on any atom is 0.503 e. The molecule has 0 unspecified atom stereocenters. The van der Waals surface area contributed by atoms with Crippen LogP contribution in [-0.4, -0.2) is 29.1 Å². The molecule has 5 nitrogen and oxygen atoms in total. The minimum atomic E-state index is -1.83. The van der Waals surface area contributed by atoms with Crippen molar-refractivity contribution in [3.63, 3.8) is 0 Å². The van der Waals surface area contributed by atoms with Crippen LogP contribution < -0.4 is 9.47 Å². The van der Waals surface area contributed by atoms with Gasteiger partial charge in [0.05, 0.1) is 7.11 Å². The highest BCUT2D eigenvalue weighted by Gasteiger charge is 2.37. The predicted molar refractivity (Wildman–Crippen MR) is 71.3 cm³/mol. The topological polar surface area (TPSA) is 76.0 Å². The number of ether oxygens (including phenoxy) is 2. The van der Waals surface area contributed by atoms with Crippen molar-refractivity contribution in [2.24, 2.45) is 0 Å². The quantitative estimate of drug-likeness (QED) is 0.878. The molecule has 0 atom stereocenters. The summed E-state index contributed by atoms with van der Waals surface area (Å²) in [5.41, 5.74) is 1.27. The smallest absolute Gasteiger partial charge is 0.493 e. The summed E-state index contributed by atoms with van der Waals surface area (Å²) in [6.45, 7) is 4.36. The van der Waals surface area contributed by atoms with Crippen LogP contribution >= 0.6 is 0 Å². The van der Waals surface area contributed by atoms with E-state index in [2.05, 4.69) is 19.9 Å². The highest BCUT2D eigenvalue weighted by molar-refractivity contribution is 5.53. The Hall–Kier alpha value is -1.91. The molecule has 2 rings (SSSR count). The molecule has 0 saturated carbocycles. The fourth-order valence-corrected chi connectivity index (χ4v) is 2.22. The SMILES string of the molecule is CCC1(CC)Cc2cccc(OC)c2O1.O=C(O)O. The Morgan fingerprint density at radius 3 is 2.42 bits per heavy atom. The van der Waals surface area contributed by atoms with E-state index in [1.807, 2.05) is 12.1 Å². The summed E-state index contributed by atoms with van der Waals surface area (Å²) in [4.78, 5) is 8.56. The van der Waals surface area contributed by atoms with E-state index in [0.717, 1.165) is 30.8 Å². The first-order valence-corrected chi connectivity index (χ1v) is 6.24. The second-order valence-electron chi connectivity index (χ2n) is 4.40. The number of fused-ring (bicyclic) bond motifs is 1. The number of methoxy groups -OCH3 is 1. The highest BCUT2D eigenvalue weighted by Crippen LogP contribution is 2.44. The van der Waals surface area contributed by atoms with E-state index < -0.39 is 6.16 Å². The van der Waals surface area contributed by atoms with Crippen LogP contribution in [0.15, 0.2) is 18.2 Å². The third kappa shape index (κ3) is 3.53. The first kappa shape index (κ1) is 15.1. The summed E-state index contributed by atoms with van der Waals surface area (Å²) in [6, 6.07) is 6.12. The first-order chi connectivity index (χ1) is 8.98. The molecule has 0 saturated heterocycles. The van der Waals surface area contributed by atoms with Gasteiger partial charge in [0.2, 0.25) is 0 Å². The van der Waals surface area contributed by atoms with E-state index in [4.69, 9.17) is 24.5 Å². The van der Waals surface area contributed by atoms with Gasteiger partial charge in [-0.1, -0.05) is 26.0 Å². The second kappa shape index (κ2) is 6.31. The Kier molecular flexibility index (Phi) is 5.03. The number of hydrogen-bond donors (Lipinski definition) is 2. The van der Waals surface area contributed by atoms with Crippen molar-refractivity contribution in [2.75, 3.05) is 7.11 Å². The first-order valence-electron chi connectivity index (χ1n) is 6.24. The van der Waals surface area contributed by atoms with E-state index in [0.29, 0.717) is 0 Å². The summed E-state index contributed by atoms with van der Waals surface area (Å²) in [7, 11) is 1.69. The average molecular weight is 268 g/mol. The molecule has 19 heavy (non-hydrogen) atoms. The number of benzene rings is 1. The lowest BCUT2D eigenvalue weighted by molar-refractivity contribution is 0.0828. The van der Waals surface area contributed by atoms with Crippen LogP contribution in [-0.2, 0) is 6.42 Å². The minimum absolute atomic E-state index is 0.00301. The molecule has 0 radical (unpaired) electrons. The highest BCUT2D eigenvalue weighted by atomic mass is 16.6. The molecule has 2 N–H and O–H groups in total. The Labute approximate surface area is 112 Å². The fourth-order valence-electron chi connectivity index (χ4n) is 2.22. The minimum Gasteiger partial charge on any atom is -0.493 e. The van der Waals surface area contributed by atoms with Crippen molar-refractivity contribution >= 4 is 6.16 Å². The summed E-state index contributed by atoms with van der Waals surface area (Å²) < 4.78 is 11.4. The molecule has 5 heteroatoms. The Morgan fingerprint density at radius 2 is 1.95 bits per heavy atom. The lowest BCUT2D eigenvalue weighted by Crippen LogP contribution is -2.32. The molecular formula is C14H20O5. The molecule has 106 valence electrons. The predicted octanol–water partition coefficient (Wildman–Crippen LogP) is 3.41. The third-order valence-corrected chi connectivity index (χ3v) is 3.40. The van der Waals surface area contributed by atoms with Crippen LogP contribution in [0.3, 0.4) is 0 Å². The molecule has 1 aliphatic rings. The molecule has 1 aromatic rings. The maximum absolute atomic E-state index is 8.56. The van der Waals surface area contributed by atoms with Gasteiger partial charge in [0, 0.05) is 12.0 Å². The number of carbonyl (C=O) groups is 1. The van der Waals surface area contributed by atoms with E-state index in [-0.39, 0.29) is 5.60 Å². The molecule has 0 aliphatic carbocycles. The molecule has 1 heterocycles. The lowest BCUT2D eigenvalue weighted by atomic mass is 9.92. The molecule has 0 spiro atoms. The van der Waals surface area contributed by atoms with Crippen LogP contribution in [0, 0.1) is 0 Å². The molecule has 1 aliphatic heterocycles. The number of hydrogen-bond acceptors (Lipinski definition) is 3. The lowest BCUT2D eigenvalue weighted by Gasteiger charge is -2.25. The number of para-hydroxylation sites is 1. The van der Waals surface area contributed by atoms with Gasteiger partial charge in [0.25, 0.3) is 0 Å². The van der Waals surface area contributed by atoms with Crippen molar-refractivity contribution < 1.29 is 24.5 Å². The fraction of sp³-hybridized carbons (Fsp3) is 0.500. The summed E-state index contributed by atoms with van der Waals surface area (Å²) >= 11 is 0. The second-order valence-corrected chi connectivity index (χ2v) is 4.40. The Morgan fingerprint density at radius 1 is 1.37 bits per heavy atom. The van der Waals surface area contributed by atoms with Gasteiger partial charge >= 0.3 is 6.16 Å². The normalized spacial score (nSPS) is 14.7. The molecule has 0 aromatic heterocycles. The summed E-state index contributed by atoms with van der Waals surface area (Å²) in [5, 5.41) is 13.9. The van der Waals surface area contributed by atoms with Gasteiger partial charge in [0.15, 0.2) is 11.5 Å². The zero-order valence-electron chi connectivity index (χ0n) is 11.5. The van der Waals surface area contributed by atoms with Gasteiger partial charge in [-0.15, -0.1) is 0 Å². The zero-order valence-corrected chi connectivity index (χ0v) is 11.5. The molecule has 0 amide bonds. The van der Waals surface area contributed by atoms with Gasteiger partial charge in [-0.25, -0.2) is 4.79 Å². The number of carboxylic acid groups (broad SMARTS) is 2. The molecular weight excluding hydrogens is 248 g/mol. The average Bonchev–Trinajstić information content (AvgIpc) is 2.77. The van der Waals surface area contributed by atoms with Crippen molar-refractivity contribution in [2.45, 2.75) is 38.7 Å². The molecule has 0 fully saturated rings. The van der Waals surface area contributed by atoms with Crippen LogP contribution in [0.4, 0.5) is 4.79 Å². The van der Waals surface area contributed by atoms with Crippen molar-refractivity contribution in [1.82, 2.24) is 0 Å². The van der Waals surface area contributed by atoms with Crippen LogP contribution in [0.2, 0.25) is 0 Å². The Bertz CT molecular complexity index is 433. The van der Waals surface area contributed by atoms with Gasteiger partial charge in [-0.05, 0) is 18.9 Å². The van der Waals surface area contributed by atoms with Crippen molar-refractivity contribution in [3.8, 4) is 11.5 Å². The van der Waals surface area contributed by atoms with Crippen LogP contribution in [0.1, 0.15) is 32.3 Å². The zero-order chi connectivity index (χ0) is 14.5. The van der Waals surface area contributed by atoms with Crippen molar-refractivity contribution in [1.29, 1.82) is 0 Å². The van der Waals surface area contributed by atoms with Crippen LogP contribution in [0.25, 0.3) is 0 Å². The largest absolute Gasteiger partial charge is 0.503 e. The van der Waals surface area contributed by atoms with E-state index in [1.165, 1.54) is 5.56 Å². The summed E-state index contributed by atoms with van der Waals surface area (Å²) in [5.74, 6) is 1.81. The van der Waals surface area contributed by atoms with Gasteiger partial charge in [-0.3, -0.25) is 0 Å². The number of rotatable bonds is 3. The molecule has 1 aromatic carbocycles. The van der Waals surface area contributed by atoms with Gasteiger partial charge in [-0.2, -0.15) is 0 Å². The Balaban J connectivity index is 0.000000399. The monoisotopic (exact) mass is 268 g/mol. The van der Waals surface area contributed by atoms with Crippen LogP contribution in [0.5, 0.6) is 11.5 Å². The van der Waals surface area contributed by atoms with E-state index >= 15 is 0 Å². The van der Waals surface area contributed by atoms with E-state index in [9.17, 15) is 0 Å². The standard InChI is InChI=1S/C13H18O2.CH2O3/c1-4-13(5-2)9-10-7-6-8-11(14-3)12(10)15-13;2-1(3)4/h6-8H,4-5,9H2,1-3H3;(H2,2,3,4). The van der Waals surface area contributed by atoms with Gasteiger partial charge < -0.3 is 19.7 Å². The maximum atomic E-state index is 8.56. The summed E-state index contributed by atoms with van der Waals surface area (Å²) in [6.07, 6.45) is 1.26. The third-order valence-electron chi connectivity index (χ3n) is 3.40. The van der Waals surface area contributed by atoms with Gasteiger partial charge in [0.1, 0.15) is 5.60 Å². The molecule has 0 bridgehead atoms.